The second kappa shape index (κ2) is 8.71. The Morgan fingerprint density at radius 2 is 1.52 bits per heavy atom. The van der Waals surface area contributed by atoms with Crippen LogP contribution < -0.4 is 0 Å². The van der Waals surface area contributed by atoms with Gasteiger partial charge in [0, 0.05) is 23.5 Å². The van der Waals surface area contributed by atoms with E-state index in [1.807, 2.05) is 6.07 Å². The first kappa shape index (κ1) is 22.0. The van der Waals surface area contributed by atoms with Gasteiger partial charge in [-0.25, -0.2) is 9.97 Å². The Kier molecular flexibility index (Phi) is 5.80. The molecule has 0 saturated carbocycles. The molecule has 0 bridgehead atoms. The number of aromatic nitrogens is 2. The highest BCUT2D eigenvalue weighted by molar-refractivity contribution is 6.37. The SMILES string of the molecule is Cc1ncc(CN2C(=O)C(C#Cc3ccccc3)=C(c3ccc(C(F)(F)F)cc3)C2=O)cn1. The maximum Gasteiger partial charge on any atom is 0.416 e. The summed E-state index contributed by atoms with van der Waals surface area (Å²) in [6.07, 6.45) is -1.50. The van der Waals surface area contributed by atoms with Gasteiger partial charge in [-0.15, -0.1) is 0 Å². The predicted molar refractivity (Wildman–Crippen MR) is 114 cm³/mol. The molecular formula is C25H16F3N3O2. The maximum absolute atomic E-state index is 13.2. The van der Waals surface area contributed by atoms with Crippen LogP contribution >= 0.6 is 0 Å². The van der Waals surface area contributed by atoms with Crippen LogP contribution in [0, 0.1) is 18.8 Å². The lowest BCUT2D eigenvalue weighted by molar-refractivity contribution is -0.138. The third-order valence-corrected chi connectivity index (χ3v) is 4.95. The fourth-order valence-electron chi connectivity index (χ4n) is 3.27. The molecule has 1 aromatic heterocycles. The lowest BCUT2D eigenvalue weighted by Gasteiger charge is -2.14. The van der Waals surface area contributed by atoms with Gasteiger partial charge in [-0.3, -0.25) is 14.5 Å². The van der Waals surface area contributed by atoms with Gasteiger partial charge in [-0.2, -0.15) is 13.2 Å². The minimum Gasteiger partial charge on any atom is -0.269 e. The molecule has 1 aliphatic heterocycles. The van der Waals surface area contributed by atoms with E-state index < -0.39 is 23.6 Å². The van der Waals surface area contributed by atoms with E-state index in [9.17, 15) is 22.8 Å². The number of hydrogen-bond acceptors (Lipinski definition) is 4. The quantitative estimate of drug-likeness (QED) is 0.447. The van der Waals surface area contributed by atoms with Crippen molar-refractivity contribution in [1.82, 2.24) is 14.9 Å². The van der Waals surface area contributed by atoms with Crippen molar-refractivity contribution < 1.29 is 22.8 Å². The normalized spacial score (nSPS) is 13.9. The largest absolute Gasteiger partial charge is 0.416 e. The topological polar surface area (TPSA) is 63.2 Å². The van der Waals surface area contributed by atoms with Crippen molar-refractivity contribution in [3.63, 3.8) is 0 Å². The van der Waals surface area contributed by atoms with Crippen molar-refractivity contribution in [2.45, 2.75) is 19.6 Å². The van der Waals surface area contributed by atoms with E-state index in [1.165, 1.54) is 24.5 Å². The number of hydrogen-bond donors (Lipinski definition) is 0. The first-order chi connectivity index (χ1) is 15.7. The standard InChI is InChI=1S/C25H16F3N3O2/c1-16-29-13-18(14-30-16)15-31-23(32)21(12-7-17-5-3-2-4-6-17)22(24(31)33)19-8-10-20(11-9-19)25(26,27)28/h2-6,8-11,13-14H,15H2,1H3. The third kappa shape index (κ3) is 4.67. The van der Waals surface area contributed by atoms with Crippen LogP contribution in [0.15, 0.2) is 72.6 Å². The van der Waals surface area contributed by atoms with E-state index in [4.69, 9.17) is 0 Å². The summed E-state index contributed by atoms with van der Waals surface area (Å²) >= 11 is 0. The Bertz CT molecular complexity index is 1300. The average Bonchev–Trinajstić information content (AvgIpc) is 3.03. The fourth-order valence-corrected chi connectivity index (χ4v) is 3.27. The van der Waals surface area contributed by atoms with E-state index in [2.05, 4.69) is 21.8 Å². The lowest BCUT2D eigenvalue weighted by Crippen LogP contribution is -2.31. The molecule has 33 heavy (non-hydrogen) atoms. The number of alkyl halides is 3. The van der Waals surface area contributed by atoms with Gasteiger partial charge in [0.25, 0.3) is 11.8 Å². The van der Waals surface area contributed by atoms with Gasteiger partial charge < -0.3 is 0 Å². The Balaban J connectivity index is 1.75. The molecule has 4 rings (SSSR count). The molecule has 0 fully saturated rings. The zero-order valence-electron chi connectivity index (χ0n) is 17.3. The van der Waals surface area contributed by atoms with Gasteiger partial charge >= 0.3 is 6.18 Å². The third-order valence-electron chi connectivity index (χ3n) is 4.95. The molecule has 0 aliphatic carbocycles. The van der Waals surface area contributed by atoms with Crippen molar-refractivity contribution >= 4 is 17.4 Å². The summed E-state index contributed by atoms with van der Waals surface area (Å²) in [4.78, 5) is 35.5. The molecule has 3 aromatic rings. The predicted octanol–water partition coefficient (Wildman–Crippen LogP) is 4.18. The Morgan fingerprint density at radius 3 is 2.12 bits per heavy atom. The Morgan fingerprint density at radius 1 is 0.879 bits per heavy atom. The Hall–Kier alpha value is -4.25. The molecule has 8 heteroatoms. The summed E-state index contributed by atoms with van der Waals surface area (Å²) in [6, 6.07) is 13.0. The van der Waals surface area contributed by atoms with Crippen molar-refractivity contribution in [3.8, 4) is 11.8 Å². The smallest absolute Gasteiger partial charge is 0.269 e. The van der Waals surface area contributed by atoms with Gasteiger partial charge in [-0.1, -0.05) is 42.2 Å². The number of rotatable bonds is 3. The number of aryl methyl sites for hydroxylation is 1. The van der Waals surface area contributed by atoms with Crippen LogP contribution in [0.1, 0.15) is 28.1 Å². The van der Waals surface area contributed by atoms with Gasteiger partial charge in [0.1, 0.15) is 11.4 Å². The van der Waals surface area contributed by atoms with Crippen molar-refractivity contribution in [2.75, 3.05) is 0 Å². The van der Waals surface area contributed by atoms with Crippen molar-refractivity contribution in [1.29, 1.82) is 0 Å². The summed E-state index contributed by atoms with van der Waals surface area (Å²) in [6.45, 7) is 1.62. The molecule has 2 aromatic carbocycles. The summed E-state index contributed by atoms with van der Waals surface area (Å²) in [5.41, 5.74) is 0.381. The highest BCUT2D eigenvalue weighted by Crippen LogP contribution is 2.33. The number of amides is 2. The zero-order chi connectivity index (χ0) is 23.6. The van der Waals surface area contributed by atoms with E-state index in [-0.39, 0.29) is 23.3 Å². The summed E-state index contributed by atoms with van der Waals surface area (Å²) in [7, 11) is 0. The number of nitrogens with zero attached hydrogens (tertiary/aromatic N) is 3. The van der Waals surface area contributed by atoms with Gasteiger partial charge in [0.15, 0.2) is 0 Å². The molecule has 0 unspecified atom stereocenters. The molecule has 2 heterocycles. The summed E-state index contributed by atoms with van der Waals surface area (Å²) in [5, 5.41) is 0. The van der Waals surface area contributed by atoms with Crippen LogP contribution in [-0.2, 0) is 22.3 Å². The molecule has 2 amide bonds. The van der Waals surface area contributed by atoms with E-state index >= 15 is 0 Å². The van der Waals surface area contributed by atoms with Crippen LogP contribution in [0.3, 0.4) is 0 Å². The van der Waals surface area contributed by atoms with E-state index in [1.54, 1.807) is 31.2 Å². The van der Waals surface area contributed by atoms with Gasteiger partial charge in [0.05, 0.1) is 17.7 Å². The number of carbonyl (C=O) groups excluding carboxylic acids is 2. The molecule has 0 radical (unpaired) electrons. The monoisotopic (exact) mass is 447 g/mol. The number of imide groups is 1. The second-order valence-electron chi connectivity index (χ2n) is 7.28. The minimum absolute atomic E-state index is 0.0369. The summed E-state index contributed by atoms with van der Waals surface area (Å²) in [5.74, 6) is 4.88. The average molecular weight is 447 g/mol. The highest BCUT2D eigenvalue weighted by Gasteiger charge is 2.39. The van der Waals surface area contributed by atoms with Crippen LogP contribution in [0.5, 0.6) is 0 Å². The lowest BCUT2D eigenvalue weighted by atomic mass is 10.00. The molecule has 0 spiro atoms. The van der Waals surface area contributed by atoms with Crippen LogP contribution in [0.2, 0.25) is 0 Å². The molecule has 1 aliphatic rings. The van der Waals surface area contributed by atoms with Crippen LogP contribution in [-0.4, -0.2) is 26.7 Å². The van der Waals surface area contributed by atoms with E-state index in [0.29, 0.717) is 17.0 Å². The van der Waals surface area contributed by atoms with Crippen molar-refractivity contribution in [2.24, 2.45) is 0 Å². The number of carbonyl (C=O) groups is 2. The highest BCUT2D eigenvalue weighted by atomic mass is 19.4. The minimum atomic E-state index is -4.52. The first-order valence-electron chi connectivity index (χ1n) is 9.87. The van der Waals surface area contributed by atoms with Gasteiger partial charge in [-0.05, 0) is 36.8 Å². The molecule has 0 saturated heterocycles. The molecule has 164 valence electrons. The van der Waals surface area contributed by atoms with Crippen LogP contribution in [0.4, 0.5) is 13.2 Å². The van der Waals surface area contributed by atoms with Crippen LogP contribution in [0.25, 0.3) is 5.57 Å². The molecule has 5 nitrogen and oxygen atoms in total. The molecule has 0 N–H and O–H groups in total. The zero-order valence-corrected chi connectivity index (χ0v) is 17.3. The maximum atomic E-state index is 13.2. The Labute approximate surface area is 187 Å². The summed E-state index contributed by atoms with van der Waals surface area (Å²) < 4.78 is 38.9. The second-order valence-corrected chi connectivity index (χ2v) is 7.28. The van der Waals surface area contributed by atoms with Gasteiger partial charge in [0.2, 0.25) is 0 Å². The number of halogens is 3. The number of benzene rings is 2. The fraction of sp³-hybridized carbons (Fsp3) is 0.120. The molecule has 0 atom stereocenters. The van der Waals surface area contributed by atoms with Crippen molar-refractivity contribution in [3.05, 3.63) is 101 Å². The first-order valence-corrected chi connectivity index (χ1v) is 9.87. The van der Waals surface area contributed by atoms with E-state index in [0.717, 1.165) is 17.0 Å². The molecular weight excluding hydrogens is 431 g/mol.